The van der Waals surface area contributed by atoms with E-state index in [1.54, 1.807) is 18.0 Å². The zero-order valence-corrected chi connectivity index (χ0v) is 15.4. The monoisotopic (exact) mass is 354 g/mol. The number of likely N-dealkylation sites (tertiary alicyclic amines) is 1. The zero-order chi connectivity index (χ0) is 18.5. The highest BCUT2D eigenvalue weighted by atomic mass is 16.2. The van der Waals surface area contributed by atoms with Crippen LogP contribution in [0.25, 0.3) is 5.69 Å². The Bertz CT molecular complexity index is 769. The maximum Gasteiger partial charge on any atom is 0.229 e. The molecule has 138 valence electrons. The number of nitrogens with one attached hydrogen (secondary N) is 1. The van der Waals surface area contributed by atoms with Gasteiger partial charge in [0.15, 0.2) is 0 Å². The van der Waals surface area contributed by atoms with Gasteiger partial charge in [-0.2, -0.15) is 5.10 Å². The molecular weight excluding hydrogens is 328 g/mol. The molecule has 1 unspecified atom stereocenters. The van der Waals surface area contributed by atoms with E-state index in [9.17, 15) is 9.59 Å². The summed E-state index contributed by atoms with van der Waals surface area (Å²) in [6.45, 7) is 4.91. The highest BCUT2D eigenvalue weighted by molar-refractivity contribution is 5.93. The largest absolute Gasteiger partial charge is 0.342 e. The number of aromatic nitrogens is 2. The molecule has 0 radical (unpaired) electrons. The van der Waals surface area contributed by atoms with Crippen LogP contribution >= 0.6 is 0 Å². The summed E-state index contributed by atoms with van der Waals surface area (Å²) in [7, 11) is 0. The molecular formula is C20H26N4O2. The second kappa shape index (κ2) is 8.17. The Labute approximate surface area is 154 Å². The molecule has 0 spiro atoms. The molecule has 0 saturated carbocycles. The first-order chi connectivity index (χ1) is 12.6. The third kappa shape index (κ3) is 3.95. The van der Waals surface area contributed by atoms with Gasteiger partial charge in [0.05, 0.1) is 29.2 Å². The fourth-order valence-electron chi connectivity index (χ4n) is 3.46. The van der Waals surface area contributed by atoms with Crippen molar-refractivity contribution in [3.8, 4) is 5.69 Å². The van der Waals surface area contributed by atoms with E-state index < -0.39 is 0 Å². The van der Waals surface area contributed by atoms with Crippen molar-refractivity contribution in [1.29, 1.82) is 0 Å². The van der Waals surface area contributed by atoms with Gasteiger partial charge >= 0.3 is 0 Å². The van der Waals surface area contributed by atoms with Gasteiger partial charge in [0, 0.05) is 20.0 Å². The molecule has 3 rings (SSSR count). The molecule has 1 aliphatic rings. The summed E-state index contributed by atoms with van der Waals surface area (Å²) < 4.78 is 1.89. The van der Waals surface area contributed by atoms with E-state index in [4.69, 9.17) is 0 Å². The molecule has 2 amide bonds. The quantitative estimate of drug-likeness (QED) is 0.897. The van der Waals surface area contributed by atoms with Gasteiger partial charge in [0.25, 0.3) is 0 Å². The summed E-state index contributed by atoms with van der Waals surface area (Å²) in [5, 5.41) is 7.54. The number of amides is 2. The summed E-state index contributed by atoms with van der Waals surface area (Å²) >= 11 is 0. The van der Waals surface area contributed by atoms with Crippen LogP contribution in [0.3, 0.4) is 0 Å². The van der Waals surface area contributed by atoms with Gasteiger partial charge in [-0.3, -0.25) is 9.59 Å². The van der Waals surface area contributed by atoms with Crippen molar-refractivity contribution in [1.82, 2.24) is 14.7 Å². The number of hydrogen-bond donors (Lipinski definition) is 1. The van der Waals surface area contributed by atoms with Crippen LogP contribution in [0, 0.1) is 5.92 Å². The Morgan fingerprint density at radius 1 is 1.27 bits per heavy atom. The number of carbonyl (C=O) groups is 2. The van der Waals surface area contributed by atoms with Crippen LogP contribution in [0.5, 0.6) is 0 Å². The molecule has 1 saturated heterocycles. The first-order valence-electron chi connectivity index (χ1n) is 9.28. The lowest BCUT2D eigenvalue weighted by Crippen LogP contribution is -2.42. The first-order valence-corrected chi connectivity index (χ1v) is 9.28. The van der Waals surface area contributed by atoms with E-state index in [0.717, 1.165) is 49.3 Å². The lowest BCUT2D eigenvalue weighted by molar-refractivity contribution is -0.132. The molecule has 1 aliphatic heterocycles. The lowest BCUT2D eigenvalue weighted by atomic mass is 9.97. The number of hydrogen-bond acceptors (Lipinski definition) is 3. The van der Waals surface area contributed by atoms with Gasteiger partial charge in [-0.25, -0.2) is 4.68 Å². The van der Waals surface area contributed by atoms with Gasteiger partial charge in [-0.1, -0.05) is 31.5 Å². The number of para-hydroxylation sites is 1. The second-order valence-corrected chi connectivity index (χ2v) is 6.80. The molecule has 1 N–H and O–H groups in total. The van der Waals surface area contributed by atoms with Crippen molar-refractivity contribution < 1.29 is 9.59 Å². The van der Waals surface area contributed by atoms with Crippen molar-refractivity contribution in [2.45, 2.75) is 39.5 Å². The molecule has 6 nitrogen and oxygen atoms in total. The van der Waals surface area contributed by atoms with Crippen LogP contribution in [0.15, 0.2) is 36.5 Å². The van der Waals surface area contributed by atoms with E-state index in [0.29, 0.717) is 6.54 Å². The Kier molecular flexibility index (Phi) is 5.71. The molecule has 1 aromatic heterocycles. The van der Waals surface area contributed by atoms with E-state index in [-0.39, 0.29) is 17.7 Å². The average molecular weight is 354 g/mol. The third-order valence-corrected chi connectivity index (χ3v) is 4.85. The van der Waals surface area contributed by atoms with Gasteiger partial charge in [0.2, 0.25) is 11.8 Å². The molecule has 1 fully saturated rings. The maximum atomic E-state index is 12.8. The van der Waals surface area contributed by atoms with E-state index >= 15 is 0 Å². The SMILES string of the molecule is CCCc1c(NC(=O)C2CCCN(C(C)=O)C2)cnn1-c1ccccc1. The van der Waals surface area contributed by atoms with Crippen molar-refractivity contribution in [3.63, 3.8) is 0 Å². The molecule has 2 heterocycles. The molecule has 6 heteroatoms. The van der Waals surface area contributed by atoms with Crippen LogP contribution in [0.4, 0.5) is 5.69 Å². The van der Waals surface area contributed by atoms with Crippen molar-refractivity contribution in [2.75, 3.05) is 18.4 Å². The Morgan fingerprint density at radius 3 is 2.73 bits per heavy atom. The Hall–Kier alpha value is -2.63. The number of anilines is 1. The minimum Gasteiger partial charge on any atom is -0.342 e. The highest BCUT2D eigenvalue weighted by Gasteiger charge is 2.28. The molecule has 1 atom stereocenters. The maximum absolute atomic E-state index is 12.8. The Balaban J connectivity index is 1.78. The average Bonchev–Trinajstić information content (AvgIpc) is 3.05. The van der Waals surface area contributed by atoms with E-state index in [2.05, 4.69) is 17.3 Å². The molecule has 0 bridgehead atoms. The summed E-state index contributed by atoms with van der Waals surface area (Å²) in [6.07, 6.45) is 5.19. The van der Waals surface area contributed by atoms with Gasteiger partial charge in [-0.15, -0.1) is 0 Å². The molecule has 2 aromatic rings. The molecule has 26 heavy (non-hydrogen) atoms. The molecule has 0 aliphatic carbocycles. The third-order valence-electron chi connectivity index (χ3n) is 4.85. The molecule has 1 aromatic carbocycles. The number of benzene rings is 1. The zero-order valence-electron chi connectivity index (χ0n) is 15.4. The number of rotatable bonds is 5. The van der Waals surface area contributed by atoms with Crippen LogP contribution < -0.4 is 5.32 Å². The summed E-state index contributed by atoms with van der Waals surface area (Å²) in [6, 6.07) is 9.93. The van der Waals surface area contributed by atoms with E-state index in [1.165, 1.54) is 0 Å². The number of piperidine rings is 1. The summed E-state index contributed by atoms with van der Waals surface area (Å²) in [5.74, 6) is -0.158. The van der Waals surface area contributed by atoms with Crippen LogP contribution in [0.1, 0.15) is 38.8 Å². The predicted molar refractivity (Wildman–Crippen MR) is 101 cm³/mol. The fraction of sp³-hybridized carbons (Fsp3) is 0.450. The Morgan fingerprint density at radius 2 is 2.04 bits per heavy atom. The van der Waals surface area contributed by atoms with Crippen molar-refractivity contribution in [3.05, 3.63) is 42.2 Å². The summed E-state index contributed by atoms with van der Waals surface area (Å²) in [4.78, 5) is 26.1. The van der Waals surface area contributed by atoms with Gasteiger partial charge in [-0.05, 0) is 31.4 Å². The van der Waals surface area contributed by atoms with Crippen LogP contribution in [0.2, 0.25) is 0 Å². The summed E-state index contributed by atoms with van der Waals surface area (Å²) in [5.41, 5.74) is 2.75. The standard InChI is InChI=1S/C20H26N4O2/c1-3-8-19-18(13-21-24(19)17-10-5-4-6-11-17)22-20(26)16-9-7-12-23(14-16)15(2)25/h4-6,10-11,13,16H,3,7-9,12,14H2,1-2H3,(H,22,26). The number of carbonyl (C=O) groups excluding carboxylic acids is 2. The minimum absolute atomic E-state index is 0.0269. The smallest absolute Gasteiger partial charge is 0.229 e. The fourth-order valence-corrected chi connectivity index (χ4v) is 3.46. The van der Waals surface area contributed by atoms with E-state index in [1.807, 2.05) is 35.0 Å². The van der Waals surface area contributed by atoms with Gasteiger partial charge in [0.1, 0.15) is 0 Å². The predicted octanol–water partition coefficient (Wildman–Crippen LogP) is 3.02. The van der Waals surface area contributed by atoms with Crippen LogP contribution in [-0.2, 0) is 16.0 Å². The van der Waals surface area contributed by atoms with Crippen molar-refractivity contribution in [2.24, 2.45) is 5.92 Å². The second-order valence-electron chi connectivity index (χ2n) is 6.80. The normalized spacial score (nSPS) is 17.2. The highest BCUT2D eigenvalue weighted by Crippen LogP contribution is 2.24. The van der Waals surface area contributed by atoms with Crippen molar-refractivity contribution >= 4 is 17.5 Å². The van der Waals surface area contributed by atoms with Crippen LogP contribution in [-0.4, -0.2) is 39.6 Å². The van der Waals surface area contributed by atoms with Gasteiger partial charge < -0.3 is 10.2 Å². The lowest BCUT2D eigenvalue weighted by Gasteiger charge is -2.31. The minimum atomic E-state index is -0.165. The first kappa shape index (κ1) is 18.2. The number of nitrogens with zero attached hydrogens (tertiary/aromatic N) is 3. The topological polar surface area (TPSA) is 67.2 Å².